The van der Waals surface area contributed by atoms with Crippen molar-refractivity contribution < 1.29 is 54.3 Å². The first-order chi connectivity index (χ1) is 17.0. The molecule has 200 valence electrons. The van der Waals surface area contributed by atoms with Gasteiger partial charge in [-0.3, -0.25) is 4.40 Å². The van der Waals surface area contributed by atoms with Crippen LogP contribution in [0, 0.1) is 0 Å². The highest BCUT2D eigenvalue weighted by molar-refractivity contribution is 6.07. The lowest BCUT2D eigenvalue weighted by Crippen LogP contribution is -2.43. The zero-order valence-electron chi connectivity index (χ0n) is 18.8. The fourth-order valence-electron chi connectivity index (χ4n) is 3.65. The third-order valence-corrected chi connectivity index (χ3v) is 5.32. The molecule has 0 fully saturated rings. The quantitative estimate of drug-likeness (QED) is 0.376. The maximum atomic E-state index is 14.2. The summed E-state index contributed by atoms with van der Waals surface area (Å²) in [5.74, 6) is -1.39. The van der Waals surface area contributed by atoms with Gasteiger partial charge in [-0.25, -0.2) is 9.78 Å². The molecule has 0 saturated heterocycles. The number of hydrogen-bond donors (Lipinski definition) is 1. The molecule has 1 N–H and O–H groups in total. The zero-order chi connectivity index (χ0) is 28.0. The van der Waals surface area contributed by atoms with Gasteiger partial charge in [0.15, 0.2) is 0 Å². The second-order valence-electron chi connectivity index (χ2n) is 7.48. The minimum atomic E-state index is -5.50. The van der Waals surface area contributed by atoms with E-state index in [9.17, 15) is 49.4 Å². The highest BCUT2D eigenvalue weighted by Gasteiger charge is 2.63. The van der Waals surface area contributed by atoms with Crippen LogP contribution in [0.2, 0.25) is 0 Å². The summed E-state index contributed by atoms with van der Waals surface area (Å²) in [4.78, 5) is 19.8. The summed E-state index contributed by atoms with van der Waals surface area (Å²) in [7, 11) is 0. The summed E-state index contributed by atoms with van der Waals surface area (Å²) in [6.07, 6.45) is -15.2. The Hall–Kier alpha value is -3.78. The van der Waals surface area contributed by atoms with E-state index >= 15 is 0 Å². The molecule has 0 saturated carbocycles. The molecule has 1 aromatic carbocycles. The maximum absolute atomic E-state index is 14.2. The first-order valence-corrected chi connectivity index (χ1v) is 10.4. The number of benzene rings is 1. The smallest absolute Gasteiger partial charge is 0.435 e. The Balaban J connectivity index is 0.00000186. The largest absolute Gasteiger partial charge is 0.477 e. The second-order valence-corrected chi connectivity index (χ2v) is 7.48. The Morgan fingerprint density at radius 3 is 2.03 bits per heavy atom. The van der Waals surface area contributed by atoms with E-state index in [1.165, 1.54) is 6.20 Å². The van der Waals surface area contributed by atoms with E-state index < -0.39 is 58.9 Å². The van der Waals surface area contributed by atoms with Crippen molar-refractivity contribution in [1.29, 1.82) is 0 Å². The molecule has 15 heteroatoms. The lowest BCUT2D eigenvalue weighted by atomic mass is 9.84. The Morgan fingerprint density at radius 2 is 1.54 bits per heavy atom. The lowest BCUT2D eigenvalue weighted by molar-refractivity contribution is -0.276. The standard InChI is InChI=1S/C20H10F9N3O3.C2H6/c21-18(22,23)10-5-9(6-11(7-10)19(24,25)26)17(20(27,28)29)8-13(31-35-17)12-1-2-14(16(33)34)32-4-3-30-15(12)32;1-2/h1-7H,8H2,(H,33,34);1-2H3. The first kappa shape index (κ1) is 27.8. The number of oxime groups is 1. The van der Waals surface area contributed by atoms with Crippen LogP contribution in [-0.2, 0) is 22.8 Å². The van der Waals surface area contributed by atoms with Gasteiger partial charge in [-0.2, -0.15) is 39.5 Å². The Morgan fingerprint density at radius 1 is 0.973 bits per heavy atom. The van der Waals surface area contributed by atoms with E-state index in [0.29, 0.717) is 0 Å². The minimum Gasteiger partial charge on any atom is -0.477 e. The van der Waals surface area contributed by atoms with Crippen LogP contribution in [0.1, 0.15) is 53.0 Å². The molecule has 4 rings (SSSR count). The molecule has 0 amide bonds. The molecule has 6 nitrogen and oxygen atoms in total. The van der Waals surface area contributed by atoms with Crippen molar-refractivity contribution in [3.8, 4) is 0 Å². The Kier molecular flexibility index (Phi) is 6.96. The molecule has 1 unspecified atom stereocenters. The molecule has 1 aliphatic rings. The monoisotopic (exact) mass is 541 g/mol. The fourth-order valence-corrected chi connectivity index (χ4v) is 3.65. The highest BCUT2D eigenvalue weighted by Crippen LogP contribution is 2.51. The Bertz CT molecular complexity index is 1330. The molecule has 37 heavy (non-hydrogen) atoms. The molecule has 2 aromatic heterocycles. The van der Waals surface area contributed by atoms with Crippen LogP contribution in [-0.4, -0.2) is 32.3 Å². The number of carbonyl (C=O) groups is 1. The van der Waals surface area contributed by atoms with Crippen LogP contribution >= 0.6 is 0 Å². The summed E-state index contributed by atoms with van der Waals surface area (Å²) in [6, 6.07) is 1.64. The fraction of sp³-hybridized carbons (Fsp3) is 0.318. The van der Waals surface area contributed by atoms with Gasteiger partial charge in [-0.05, 0) is 30.3 Å². The third-order valence-electron chi connectivity index (χ3n) is 5.32. The van der Waals surface area contributed by atoms with Crippen molar-refractivity contribution in [3.05, 3.63) is 70.7 Å². The number of fused-ring (bicyclic) bond motifs is 1. The molecule has 0 spiro atoms. The van der Waals surface area contributed by atoms with E-state index in [-0.39, 0.29) is 35.1 Å². The van der Waals surface area contributed by atoms with Crippen LogP contribution < -0.4 is 0 Å². The number of pyridine rings is 1. The molecular formula is C22H16F9N3O3. The van der Waals surface area contributed by atoms with Gasteiger partial charge in [0.25, 0.3) is 5.60 Å². The van der Waals surface area contributed by atoms with E-state index in [4.69, 9.17) is 0 Å². The highest BCUT2D eigenvalue weighted by atomic mass is 19.4. The lowest BCUT2D eigenvalue weighted by Gasteiger charge is -2.30. The molecule has 3 aromatic rings. The number of imidazole rings is 1. The number of rotatable bonds is 3. The number of alkyl halides is 9. The van der Waals surface area contributed by atoms with Gasteiger partial charge in [0.1, 0.15) is 11.3 Å². The van der Waals surface area contributed by atoms with E-state index in [2.05, 4.69) is 15.0 Å². The topological polar surface area (TPSA) is 76.2 Å². The predicted molar refractivity (Wildman–Crippen MR) is 110 cm³/mol. The van der Waals surface area contributed by atoms with Crippen molar-refractivity contribution in [2.24, 2.45) is 5.16 Å². The van der Waals surface area contributed by atoms with Gasteiger partial charge in [0.05, 0.1) is 23.3 Å². The second kappa shape index (κ2) is 9.27. The summed E-state index contributed by atoms with van der Waals surface area (Å²) >= 11 is 0. The van der Waals surface area contributed by atoms with Crippen molar-refractivity contribution in [3.63, 3.8) is 0 Å². The number of carboxylic acid groups (broad SMARTS) is 1. The van der Waals surface area contributed by atoms with Gasteiger partial charge in [0, 0.05) is 23.5 Å². The molecule has 1 atom stereocenters. The number of halogens is 9. The van der Waals surface area contributed by atoms with Crippen LogP contribution in [0.15, 0.2) is 47.9 Å². The summed E-state index contributed by atoms with van der Waals surface area (Å²) < 4.78 is 123. The first-order valence-electron chi connectivity index (χ1n) is 10.4. The minimum absolute atomic E-state index is 0.0696. The van der Waals surface area contributed by atoms with E-state index in [0.717, 1.165) is 22.7 Å². The van der Waals surface area contributed by atoms with Crippen LogP contribution in [0.3, 0.4) is 0 Å². The summed E-state index contributed by atoms with van der Waals surface area (Å²) in [6.45, 7) is 4.00. The number of hydrogen-bond acceptors (Lipinski definition) is 4. The zero-order valence-corrected chi connectivity index (χ0v) is 18.8. The predicted octanol–water partition coefficient (Wildman–Crippen LogP) is 6.68. The van der Waals surface area contributed by atoms with Gasteiger partial charge in [0.2, 0.25) is 0 Å². The molecule has 0 radical (unpaired) electrons. The van der Waals surface area contributed by atoms with Crippen molar-refractivity contribution in [2.45, 2.75) is 44.4 Å². The molecular weight excluding hydrogens is 525 g/mol. The SMILES string of the molecule is CC.O=C(O)c1ccc(C2=NOC(c3cc(C(F)(F)F)cc(C(F)(F)F)c3)(C(F)(F)F)C2)c2nccn12. The van der Waals surface area contributed by atoms with E-state index in [1.807, 2.05) is 13.8 Å². The normalized spacial score (nSPS) is 18.2. The number of carboxylic acids is 1. The maximum Gasteiger partial charge on any atom is 0.435 e. The number of aromatic nitrogens is 2. The van der Waals surface area contributed by atoms with Crippen LogP contribution in [0.25, 0.3) is 5.65 Å². The van der Waals surface area contributed by atoms with Crippen molar-refractivity contribution in [1.82, 2.24) is 9.38 Å². The average Bonchev–Trinajstić information content (AvgIpc) is 3.46. The van der Waals surface area contributed by atoms with Crippen molar-refractivity contribution in [2.75, 3.05) is 0 Å². The van der Waals surface area contributed by atoms with Gasteiger partial charge in [-0.1, -0.05) is 19.0 Å². The Labute approximate surface area is 202 Å². The average molecular weight is 541 g/mol. The van der Waals surface area contributed by atoms with E-state index in [1.54, 1.807) is 0 Å². The third kappa shape index (κ3) is 4.93. The number of aromatic carboxylic acids is 1. The van der Waals surface area contributed by atoms with Crippen LogP contribution in [0.4, 0.5) is 39.5 Å². The number of nitrogens with zero attached hydrogens (tertiary/aromatic N) is 3. The van der Waals surface area contributed by atoms with Gasteiger partial charge < -0.3 is 9.94 Å². The molecule has 3 heterocycles. The summed E-state index contributed by atoms with van der Waals surface area (Å²) in [5.41, 5.74) is -10.2. The molecule has 0 bridgehead atoms. The van der Waals surface area contributed by atoms with Crippen molar-refractivity contribution >= 4 is 17.3 Å². The van der Waals surface area contributed by atoms with Gasteiger partial charge >= 0.3 is 24.5 Å². The van der Waals surface area contributed by atoms with Crippen LogP contribution in [0.5, 0.6) is 0 Å². The molecule has 0 aliphatic carbocycles. The summed E-state index contributed by atoms with van der Waals surface area (Å²) in [5, 5.41) is 12.6. The molecule has 1 aliphatic heterocycles. The van der Waals surface area contributed by atoms with Gasteiger partial charge in [-0.15, -0.1) is 0 Å².